The molecule has 1 aromatic rings. The molecular weight excluding hydrogens is 334 g/mol. The van der Waals surface area contributed by atoms with E-state index in [-0.39, 0.29) is 23.8 Å². The van der Waals surface area contributed by atoms with Gasteiger partial charge in [0.25, 0.3) is 5.91 Å². The molecule has 3 N–H and O–H groups in total. The fraction of sp³-hybridized carbons (Fsp3) is 0.562. The van der Waals surface area contributed by atoms with E-state index >= 15 is 0 Å². The van der Waals surface area contributed by atoms with E-state index in [2.05, 4.69) is 28.2 Å². The molecule has 1 saturated carbocycles. The highest BCUT2D eigenvalue weighted by Crippen LogP contribution is 2.33. The summed E-state index contributed by atoms with van der Waals surface area (Å²) in [6.07, 6.45) is 4.60. The average molecular weight is 356 g/mol. The summed E-state index contributed by atoms with van der Waals surface area (Å²) in [7, 11) is 0. The van der Waals surface area contributed by atoms with Gasteiger partial charge < -0.3 is 15.5 Å². The number of benzene rings is 1. The minimum atomic E-state index is -0.813. The summed E-state index contributed by atoms with van der Waals surface area (Å²) >= 11 is 3.24. The summed E-state index contributed by atoms with van der Waals surface area (Å²) in [5, 5.41) is 23.0. The Morgan fingerprint density at radius 1 is 1.43 bits per heavy atom. The Morgan fingerprint density at radius 3 is 2.67 bits per heavy atom. The molecule has 0 heterocycles. The van der Waals surface area contributed by atoms with Crippen molar-refractivity contribution < 1.29 is 15.0 Å². The van der Waals surface area contributed by atoms with Crippen molar-refractivity contribution in [3.63, 3.8) is 0 Å². The number of halogens is 1. The topological polar surface area (TPSA) is 69.6 Å². The van der Waals surface area contributed by atoms with Gasteiger partial charge >= 0.3 is 0 Å². The second-order valence-corrected chi connectivity index (χ2v) is 6.84. The van der Waals surface area contributed by atoms with Crippen LogP contribution in [0.1, 0.15) is 49.4 Å². The van der Waals surface area contributed by atoms with Crippen molar-refractivity contribution >= 4 is 21.8 Å². The molecule has 0 radical (unpaired) electrons. The van der Waals surface area contributed by atoms with Gasteiger partial charge in [-0.3, -0.25) is 4.79 Å². The van der Waals surface area contributed by atoms with Gasteiger partial charge in [0.05, 0.1) is 11.2 Å². The highest BCUT2D eigenvalue weighted by molar-refractivity contribution is 9.10. The Morgan fingerprint density at radius 2 is 2.10 bits per heavy atom. The van der Waals surface area contributed by atoms with Gasteiger partial charge in [0.1, 0.15) is 5.75 Å². The van der Waals surface area contributed by atoms with E-state index in [0.29, 0.717) is 10.4 Å². The zero-order chi connectivity index (χ0) is 15.5. The average Bonchev–Trinajstić information content (AvgIpc) is 2.46. The molecule has 0 aromatic heterocycles. The molecule has 0 unspecified atom stereocenters. The first-order valence-corrected chi connectivity index (χ1v) is 8.22. The van der Waals surface area contributed by atoms with Crippen LogP contribution in [0.2, 0.25) is 0 Å². The first-order chi connectivity index (χ1) is 9.93. The standard InChI is InChI=1S/C16H22BrNO3/c1-2-11-5-7-16(21,8-6-11)10-18-15(20)13-4-3-12(17)9-14(13)19/h3-4,9,11,19,21H,2,5-8,10H2,1H3,(H,18,20). The molecular formula is C16H22BrNO3. The number of carbonyl (C=O) groups is 1. The monoisotopic (exact) mass is 355 g/mol. The lowest BCUT2D eigenvalue weighted by molar-refractivity contribution is -0.00788. The molecule has 0 atom stereocenters. The lowest BCUT2D eigenvalue weighted by Gasteiger charge is -2.35. The van der Waals surface area contributed by atoms with Crippen LogP contribution in [0, 0.1) is 5.92 Å². The van der Waals surface area contributed by atoms with Crippen molar-refractivity contribution in [3.05, 3.63) is 28.2 Å². The molecule has 116 valence electrons. The Balaban J connectivity index is 1.92. The molecule has 1 aromatic carbocycles. The van der Waals surface area contributed by atoms with Crippen molar-refractivity contribution in [2.75, 3.05) is 6.54 Å². The number of amides is 1. The maximum absolute atomic E-state index is 12.1. The molecule has 2 rings (SSSR count). The summed E-state index contributed by atoms with van der Waals surface area (Å²) in [6.45, 7) is 2.41. The Kier molecular flexibility index (Phi) is 5.27. The number of phenolic OH excluding ortho intramolecular Hbond substituents is 1. The summed E-state index contributed by atoms with van der Waals surface area (Å²) in [4.78, 5) is 12.1. The van der Waals surface area contributed by atoms with Gasteiger partial charge in [-0.1, -0.05) is 29.3 Å². The number of nitrogens with one attached hydrogen (secondary N) is 1. The summed E-state index contributed by atoms with van der Waals surface area (Å²) < 4.78 is 0.716. The Bertz CT molecular complexity index is 510. The third-order valence-corrected chi connectivity index (χ3v) is 4.89. The highest BCUT2D eigenvalue weighted by atomic mass is 79.9. The molecule has 0 aliphatic heterocycles. The van der Waals surface area contributed by atoms with Crippen LogP contribution in [-0.4, -0.2) is 28.3 Å². The quantitative estimate of drug-likeness (QED) is 0.776. The Labute approximate surface area is 133 Å². The second kappa shape index (κ2) is 6.79. The van der Waals surface area contributed by atoms with E-state index in [4.69, 9.17) is 0 Å². The number of hydrogen-bond donors (Lipinski definition) is 3. The largest absolute Gasteiger partial charge is 0.507 e. The molecule has 0 spiro atoms. The van der Waals surface area contributed by atoms with Crippen LogP contribution in [0.4, 0.5) is 0 Å². The predicted octanol–water partition coefficient (Wildman–Crippen LogP) is 3.22. The third-order valence-electron chi connectivity index (χ3n) is 4.40. The van der Waals surface area contributed by atoms with E-state index in [0.717, 1.165) is 32.1 Å². The zero-order valence-corrected chi connectivity index (χ0v) is 13.8. The summed E-state index contributed by atoms with van der Waals surface area (Å²) in [5.41, 5.74) is -0.587. The van der Waals surface area contributed by atoms with Crippen LogP contribution >= 0.6 is 15.9 Å². The van der Waals surface area contributed by atoms with Crippen LogP contribution in [0.5, 0.6) is 5.75 Å². The molecule has 1 aliphatic rings. The number of aromatic hydroxyl groups is 1. The molecule has 21 heavy (non-hydrogen) atoms. The maximum atomic E-state index is 12.1. The van der Waals surface area contributed by atoms with E-state index < -0.39 is 5.60 Å². The van der Waals surface area contributed by atoms with Gasteiger partial charge in [-0.05, 0) is 49.8 Å². The molecule has 1 aliphatic carbocycles. The van der Waals surface area contributed by atoms with Gasteiger partial charge in [0.15, 0.2) is 0 Å². The van der Waals surface area contributed by atoms with Crippen molar-refractivity contribution in [1.82, 2.24) is 5.32 Å². The van der Waals surface area contributed by atoms with E-state index in [9.17, 15) is 15.0 Å². The van der Waals surface area contributed by atoms with Gasteiger partial charge in [0, 0.05) is 11.0 Å². The molecule has 1 amide bonds. The first-order valence-electron chi connectivity index (χ1n) is 7.42. The van der Waals surface area contributed by atoms with Crippen molar-refractivity contribution in [1.29, 1.82) is 0 Å². The minimum absolute atomic E-state index is 0.0662. The number of hydrogen-bond acceptors (Lipinski definition) is 3. The lowest BCUT2D eigenvalue weighted by Crippen LogP contribution is -2.45. The second-order valence-electron chi connectivity index (χ2n) is 5.92. The van der Waals surface area contributed by atoms with Crippen LogP contribution in [-0.2, 0) is 0 Å². The van der Waals surface area contributed by atoms with Crippen LogP contribution in [0.3, 0.4) is 0 Å². The normalized spacial score (nSPS) is 25.6. The van der Waals surface area contributed by atoms with E-state index in [1.54, 1.807) is 12.1 Å². The van der Waals surface area contributed by atoms with Crippen molar-refractivity contribution in [2.45, 2.75) is 44.6 Å². The van der Waals surface area contributed by atoms with Crippen LogP contribution in [0.15, 0.2) is 22.7 Å². The fourth-order valence-corrected chi connectivity index (χ4v) is 3.19. The van der Waals surface area contributed by atoms with Gasteiger partial charge in [-0.15, -0.1) is 0 Å². The maximum Gasteiger partial charge on any atom is 0.255 e. The molecule has 0 saturated heterocycles. The SMILES string of the molecule is CCC1CCC(O)(CNC(=O)c2ccc(Br)cc2O)CC1. The number of aliphatic hydroxyl groups is 1. The van der Waals surface area contributed by atoms with Gasteiger partial charge in [-0.2, -0.15) is 0 Å². The Hall–Kier alpha value is -1.07. The minimum Gasteiger partial charge on any atom is -0.507 e. The molecule has 0 bridgehead atoms. The zero-order valence-electron chi connectivity index (χ0n) is 12.2. The molecule has 1 fully saturated rings. The van der Waals surface area contributed by atoms with Gasteiger partial charge in [0.2, 0.25) is 0 Å². The predicted molar refractivity (Wildman–Crippen MR) is 85.3 cm³/mol. The van der Waals surface area contributed by atoms with E-state index in [1.165, 1.54) is 6.07 Å². The van der Waals surface area contributed by atoms with Crippen LogP contribution < -0.4 is 5.32 Å². The first kappa shape index (κ1) is 16.3. The summed E-state index contributed by atoms with van der Waals surface area (Å²) in [5.74, 6) is 0.270. The van der Waals surface area contributed by atoms with E-state index in [1.807, 2.05) is 0 Å². The number of carbonyl (C=O) groups excluding carboxylic acids is 1. The van der Waals surface area contributed by atoms with Crippen molar-refractivity contribution in [3.8, 4) is 5.75 Å². The number of rotatable bonds is 4. The van der Waals surface area contributed by atoms with Crippen LogP contribution in [0.25, 0.3) is 0 Å². The highest BCUT2D eigenvalue weighted by Gasteiger charge is 2.33. The van der Waals surface area contributed by atoms with Gasteiger partial charge in [-0.25, -0.2) is 0 Å². The molecule has 5 heteroatoms. The fourth-order valence-electron chi connectivity index (χ4n) is 2.84. The lowest BCUT2D eigenvalue weighted by atomic mass is 9.78. The third kappa shape index (κ3) is 4.20. The number of phenols is 1. The van der Waals surface area contributed by atoms with Crippen molar-refractivity contribution in [2.24, 2.45) is 5.92 Å². The molecule has 4 nitrogen and oxygen atoms in total. The smallest absolute Gasteiger partial charge is 0.255 e. The summed E-state index contributed by atoms with van der Waals surface area (Å²) in [6, 6.07) is 4.75.